The van der Waals surface area contributed by atoms with Crippen LogP contribution in [0.3, 0.4) is 0 Å². The number of imidazole rings is 1. The van der Waals surface area contributed by atoms with Crippen LogP contribution in [0, 0.1) is 32.4 Å². The lowest BCUT2D eigenvalue weighted by Crippen LogP contribution is -2.30. The third-order valence-electron chi connectivity index (χ3n) is 5.86. The van der Waals surface area contributed by atoms with E-state index in [0.29, 0.717) is 17.0 Å². The first-order valence-electron chi connectivity index (χ1n) is 10.8. The van der Waals surface area contributed by atoms with E-state index in [2.05, 4.69) is 4.98 Å². The van der Waals surface area contributed by atoms with E-state index in [4.69, 9.17) is 11.6 Å². The molecule has 0 unspecified atom stereocenters. The first kappa shape index (κ1) is 23.9. The first-order valence-corrected chi connectivity index (χ1v) is 11.1. The van der Waals surface area contributed by atoms with Crippen LogP contribution >= 0.6 is 11.6 Å². The quantitative estimate of drug-likeness (QED) is 0.417. The predicted molar refractivity (Wildman–Crippen MR) is 128 cm³/mol. The second-order valence-corrected chi connectivity index (χ2v) is 8.88. The summed E-state index contributed by atoms with van der Waals surface area (Å²) in [4.78, 5) is 17.6. The molecule has 2 aromatic carbocycles. The minimum atomic E-state index is -1.03. The fourth-order valence-electron chi connectivity index (χ4n) is 4.17. The fourth-order valence-corrected chi connectivity index (χ4v) is 4.41. The van der Waals surface area contributed by atoms with Crippen LogP contribution in [0.2, 0.25) is 5.02 Å². The van der Waals surface area contributed by atoms with E-state index in [1.54, 1.807) is 12.4 Å². The second-order valence-electron chi connectivity index (χ2n) is 8.45. The summed E-state index contributed by atoms with van der Waals surface area (Å²) in [5, 5.41) is 10.3. The van der Waals surface area contributed by atoms with Crippen molar-refractivity contribution in [1.82, 2.24) is 14.1 Å². The van der Waals surface area contributed by atoms with Gasteiger partial charge in [-0.05, 0) is 61.2 Å². The molecule has 4 aromatic rings. The smallest absolute Gasteiger partial charge is 0.254 e. The third kappa shape index (κ3) is 4.67. The summed E-state index contributed by atoms with van der Waals surface area (Å²) < 4.78 is 31.0. The normalized spacial score (nSPS) is 12.2. The van der Waals surface area contributed by atoms with Crippen LogP contribution in [-0.2, 0) is 6.42 Å². The van der Waals surface area contributed by atoms with E-state index in [-0.39, 0.29) is 16.7 Å². The number of aromatic nitrogens is 3. The van der Waals surface area contributed by atoms with Crippen molar-refractivity contribution < 1.29 is 13.9 Å². The molecule has 0 spiro atoms. The highest BCUT2D eigenvalue weighted by Crippen LogP contribution is 2.24. The Morgan fingerprint density at radius 3 is 2.44 bits per heavy atom. The van der Waals surface area contributed by atoms with Crippen molar-refractivity contribution in [3.63, 3.8) is 0 Å². The molecule has 0 radical (unpaired) electrons. The molecule has 0 amide bonds. The maximum atomic E-state index is 14.0. The molecular weight excluding hydrogens is 460 g/mol. The number of halogens is 3. The fraction of sp³-hybridized carbons (Fsp3) is 0.231. The second kappa shape index (κ2) is 9.52. The Morgan fingerprint density at radius 1 is 1.06 bits per heavy atom. The highest BCUT2D eigenvalue weighted by atomic mass is 35.5. The van der Waals surface area contributed by atoms with E-state index in [9.17, 15) is 18.7 Å². The summed E-state index contributed by atoms with van der Waals surface area (Å²) in [5.41, 5.74) is 4.27. The van der Waals surface area contributed by atoms with Crippen molar-refractivity contribution in [1.29, 1.82) is 0 Å². The Bertz CT molecular complexity index is 1410. The topological polar surface area (TPSA) is 60.0 Å². The molecule has 0 bridgehead atoms. The summed E-state index contributed by atoms with van der Waals surface area (Å²) in [6, 6.07) is 9.00. The van der Waals surface area contributed by atoms with Crippen LogP contribution in [0.1, 0.15) is 39.6 Å². The molecule has 2 aromatic heterocycles. The third-order valence-corrected chi connectivity index (χ3v) is 6.06. The van der Waals surface area contributed by atoms with E-state index < -0.39 is 24.3 Å². The van der Waals surface area contributed by atoms with Gasteiger partial charge in [-0.2, -0.15) is 0 Å². The van der Waals surface area contributed by atoms with Gasteiger partial charge in [0, 0.05) is 30.1 Å². The van der Waals surface area contributed by atoms with Crippen LogP contribution in [0.4, 0.5) is 8.78 Å². The number of benzene rings is 2. The Labute approximate surface area is 200 Å². The van der Waals surface area contributed by atoms with Gasteiger partial charge in [0.05, 0.1) is 29.7 Å². The van der Waals surface area contributed by atoms with E-state index >= 15 is 0 Å². The molecule has 4 rings (SSSR count). The average molecular weight is 484 g/mol. The Balaban J connectivity index is 1.70. The Morgan fingerprint density at radius 2 is 1.82 bits per heavy atom. The Kier molecular flexibility index (Phi) is 6.68. The number of pyridine rings is 1. The zero-order chi connectivity index (χ0) is 24.6. The minimum Gasteiger partial charge on any atom is -0.394 e. The molecule has 0 aliphatic carbocycles. The summed E-state index contributed by atoms with van der Waals surface area (Å²) in [5.74, 6) is -1.99. The number of hydrogen-bond donors (Lipinski definition) is 1. The van der Waals surface area contributed by atoms with Gasteiger partial charge in [-0.15, -0.1) is 0 Å². The molecule has 1 N–H and O–H groups in total. The van der Waals surface area contributed by atoms with E-state index in [1.807, 2.05) is 42.8 Å². The predicted octanol–water partition coefficient (Wildman–Crippen LogP) is 5.06. The van der Waals surface area contributed by atoms with Gasteiger partial charge in [0.15, 0.2) is 11.6 Å². The molecule has 0 aliphatic heterocycles. The number of rotatable bonds is 6. The molecule has 1 atom stereocenters. The van der Waals surface area contributed by atoms with Gasteiger partial charge in [0.25, 0.3) is 5.56 Å². The van der Waals surface area contributed by atoms with Crippen molar-refractivity contribution in [3.8, 4) is 5.69 Å². The lowest BCUT2D eigenvalue weighted by atomic mass is 10.0. The highest BCUT2D eigenvalue weighted by molar-refractivity contribution is 6.30. The van der Waals surface area contributed by atoms with Gasteiger partial charge in [0.1, 0.15) is 0 Å². The average Bonchev–Trinajstić information content (AvgIpc) is 3.21. The SMILES string of the molecule is Cc1cn(-c2ccc(Cc3cc(Cl)cn([C@@H](CO)c4cc(C)c(F)c(F)c4)c3=O)cc2C)cn1. The summed E-state index contributed by atoms with van der Waals surface area (Å²) in [7, 11) is 0. The van der Waals surface area contributed by atoms with Gasteiger partial charge < -0.3 is 14.2 Å². The van der Waals surface area contributed by atoms with E-state index in [0.717, 1.165) is 28.6 Å². The maximum Gasteiger partial charge on any atom is 0.254 e. The number of aryl methyl sites for hydroxylation is 3. The molecule has 0 aliphatic rings. The molecular formula is C26H24ClF2N3O2. The first-order chi connectivity index (χ1) is 16.2. The van der Waals surface area contributed by atoms with Crippen molar-refractivity contribution in [3.05, 3.63) is 116 Å². The molecule has 34 heavy (non-hydrogen) atoms. The molecule has 8 heteroatoms. The standard InChI is InChI=1S/C26H24ClF2N3O2/c1-15-6-18(4-5-23(15)31-11-17(3)30-14-31)8-20-9-21(27)12-32(26(20)34)24(13-33)19-7-16(2)25(29)22(28)10-19/h4-7,9-12,14,24,33H,8,13H2,1-3H3/t24-/m0/s1. The molecule has 0 fully saturated rings. The van der Waals surface area contributed by atoms with Gasteiger partial charge in [0.2, 0.25) is 0 Å². The van der Waals surface area contributed by atoms with Gasteiger partial charge in [-0.3, -0.25) is 4.79 Å². The lowest BCUT2D eigenvalue weighted by Gasteiger charge is -2.20. The highest BCUT2D eigenvalue weighted by Gasteiger charge is 2.20. The molecule has 5 nitrogen and oxygen atoms in total. The molecule has 0 saturated carbocycles. The van der Waals surface area contributed by atoms with Crippen molar-refractivity contribution in [2.75, 3.05) is 6.61 Å². The van der Waals surface area contributed by atoms with Gasteiger partial charge in [-0.25, -0.2) is 13.8 Å². The maximum absolute atomic E-state index is 14.0. The molecule has 2 heterocycles. The molecule has 176 valence electrons. The molecule has 0 saturated heterocycles. The number of aliphatic hydroxyl groups excluding tert-OH is 1. The van der Waals surface area contributed by atoms with Crippen LogP contribution < -0.4 is 5.56 Å². The van der Waals surface area contributed by atoms with Crippen LogP contribution in [0.5, 0.6) is 0 Å². The van der Waals surface area contributed by atoms with Gasteiger partial charge in [-0.1, -0.05) is 29.8 Å². The van der Waals surface area contributed by atoms with Crippen LogP contribution in [-0.4, -0.2) is 25.8 Å². The summed E-state index contributed by atoms with van der Waals surface area (Å²) >= 11 is 6.32. The Hall–Kier alpha value is -3.29. The summed E-state index contributed by atoms with van der Waals surface area (Å²) in [6.07, 6.45) is 5.41. The monoisotopic (exact) mass is 483 g/mol. The number of hydrogen-bond acceptors (Lipinski definition) is 3. The minimum absolute atomic E-state index is 0.0902. The van der Waals surface area contributed by atoms with Crippen molar-refractivity contribution >= 4 is 11.6 Å². The zero-order valence-corrected chi connectivity index (χ0v) is 19.8. The lowest BCUT2D eigenvalue weighted by molar-refractivity contribution is 0.246. The zero-order valence-electron chi connectivity index (χ0n) is 19.0. The largest absolute Gasteiger partial charge is 0.394 e. The van der Waals surface area contributed by atoms with Gasteiger partial charge >= 0.3 is 0 Å². The van der Waals surface area contributed by atoms with Crippen molar-refractivity contribution in [2.24, 2.45) is 0 Å². The van der Waals surface area contributed by atoms with Crippen LogP contribution in [0.25, 0.3) is 5.69 Å². The van der Waals surface area contributed by atoms with Crippen molar-refractivity contribution in [2.45, 2.75) is 33.2 Å². The van der Waals surface area contributed by atoms with E-state index in [1.165, 1.54) is 23.8 Å². The number of nitrogens with zero attached hydrogens (tertiary/aromatic N) is 3. The summed E-state index contributed by atoms with van der Waals surface area (Å²) in [6.45, 7) is 4.85. The van der Waals surface area contributed by atoms with Crippen LogP contribution in [0.15, 0.2) is 59.9 Å². The number of aliphatic hydroxyl groups is 1.